The average molecular weight is 195 g/mol. The van der Waals surface area contributed by atoms with Gasteiger partial charge in [0.25, 0.3) is 10.2 Å². The van der Waals surface area contributed by atoms with E-state index in [1.54, 1.807) is 0 Å². The van der Waals surface area contributed by atoms with Crippen molar-refractivity contribution in [2.75, 3.05) is 13.2 Å². The second-order valence-corrected chi connectivity index (χ2v) is 2.65. The maximum Gasteiger partial charge on any atom is 0.294 e. The molecule has 0 aliphatic carbocycles. The monoisotopic (exact) mass is 195 g/mol. The van der Waals surface area contributed by atoms with Crippen LogP contribution in [0.25, 0.3) is 0 Å². The Morgan fingerprint density at radius 1 is 1.23 bits per heavy atom. The number of hydrogen-bond donors (Lipinski definition) is 1. The fourth-order valence-electron chi connectivity index (χ4n) is 0.442. The Morgan fingerprint density at radius 3 is 1.77 bits per heavy atom. The topological polar surface area (TPSA) is 131 Å². The molecule has 0 heterocycles. The van der Waals surface area contributed by atoms with Crippen molar-refractivity contribution in [3.05, 3.63) is 20.2 Å². The van der Waals surface area contributed by atoms with E-state index in [9.17, 15) is 20.2 Å². The van der Waals surface area contributed by atoms with Gasteiger partial charge in [-0.1, -0.05) is 0 Å². The zero-order valence-corrected chi connectivity index (χ0v) is 6.84. The first-order valence-electron chi connectivity index (χ1n) is 3.17. The lowest BCUT2D eigenvalue weighted by Gasteiger charge is -2.20. The molecule has 0 atom stereocenters. The average Bonchev–Trinajstić information content (AvgIpc) is 1.98. The van der Waals surface area contributed by atoms with E-state index in [4.69, 9.17) is 5.73 Å². The van der Waals surface area contributed by atoms with Crippen molar-refractivity contribution < 1.29 is 19.8 Å². The summed E-state index contributed by atoms with van der Waals surface area (Å²) in [6.07, 6.45) is 0. The van der Waals surface area contributed by atoms with E-state index >= 15 is 0 Å². The molecule has 0 bridgehead atoms. The summed E-state index contributed by atoms with van der Waals surface area (Å²) >= 11 is 0. The summed E-state index contributed by atoms with van der Waals surface area (Å²) in [7, 11) is 0. The van der Waals surface area contributed by atoms with Gasteiger partial charge < -0.3 is 15.4 Å². The van der Waals surface area contributed by atoms with Crippen LogP contribution in [0.15, 0.2) is 0 Å². The molecule has 13 heavy (non-hydrogen) atoms. The maximum absolute atomic E-state index is 9.74. The highest BCUT2D eigenvalue weighted by Gasteiger charge is 2.22. The maximum atomic E-state index is 9.74. The van der Waals surface area contributed by atoms with Crippen LogP contribution in [0.4, 0.5) is 0 Å². The van der Waals surface area contributed by atoms with Crippen LogP contribution in [-0.4, -0.2) is 28.9 Å². The largest absolute Gasteiger partial charge is 0.322 e. The van der Waals surface area contributed by atoms with Crippen LogP contribution in [-0.2, 0) is 9.68 Å². The van der Waals surface area contributed by atoms with Crippen LogP contribution in [0.5, 0.6) is 0 Å². The summed E-state index contributed by atoms with van der Waals surface area (Å²) in [5.74, 6) is 0. The van der Waals surface area contributed by atoms with Gasteiger partial charge >= 0.3 is 0 Å². The minimum atomic E-state index is -1.26. The second kappa shape index (κ2) is 4.40. The quantitative estimate of drug-likeness (QED) is 0.430. The van der Waals surface area contributed by atoms with E-state index in [1.807, 2.05) is 0 Å². The van der Waals surface area contributed by atoms with Crippen molar-refractivity contribution in [1.29, 1.82) is 0 Å². The Labute approximate surface area is 72.6 Å². The van der Waals surface area contributed by atoms with Gasteiger partial charge in [-0.3, -0.25) is 0 Å². The van der Waals surface area contributed by atoms with Gasteiger partial charge in [-0.05, 0) is 6.92 Å². The van der Waals surface area contributed by atoms with Crippen molar-refractivity contribution >= 4 is 0 Å². The van der Waals surface area contributed by atoms with Gasteiger partial charge in [-0.15, -0.1) is 20.2 Å². The Kier molecular flexibility index (Phi) is 3.85. The van der Waals surface area contributed by atoms with E-state index in [1.165, 1.54) is 6.92 Å². The third-order valence-electron chi connectivity index (χ3n) is 0.999. The number of nitrogens with zero attached hydrogens (tertiary/aromatic N) is 2. The predicted octanol–water partition coefficient (Wildman–Crippen LogP) is -0.880. The molecule has 0 aromatic carbocycles. The summed E-state index contributed by atoms with van der Waals surface area (Å²) in [6.45, 7) is 0.404. The number of rotatable bonds is 6. The lowest BCUT2D eigenvalue weighted by Crippen LogP contribution is -2.46. The molecule has 9 nitrogen and oxygen atoms in total. The standard InChI is InChI=1S/C4H9N3O6/c1-4(5,2-12-6(8)9)3-13-7(10)11/h2-3,5H2,1H3. The molecule has 0 aliphatic heterocycles. The fourth-order valence-corrected chi connectivity index (χ4v) is 0.442. The highest BCUT2D eigenvalue weighted by atomic mass is 17.0. The molecule has 0 saturated carbocycles. The van der Waals surface area contributed by atoms with Gasteiger partial charge in [0.05, 0.1) is 5.54 Å². The minimum Gasteiger partial charge on any atom is -0.322 e. The van der Waals surface area contributed by atoms with Gasteiger partial charge in [-0.25, -0.2) is 0 Å². The Bertz CT molecular complexity index is 184. The molecule has 0 aliphatic rings. The van der Waals surface area contributed by atoms with E-state index in [0.29, 0.717) is 0 Å². The van der Waals surface area contributed by atoms with Crippen molar-refractivity contribution in [1.82, 2.24) is 0 Å². The molecule has 0 rings (SSSR count). The third-order valence-corrected chi connectivity index (χ3v) is 0.999. The van der Waals surface area contributed by atoms with E-state index < -0.39 is 28.9 Å². The first-order chi connectivity index (χ1) is 5.83. The first-order valence-corrected chi connectivity index (χ1v) is 3.17. The van der Waals surface area contributed by atoms with Crippen LogP contribution in [0.3, 0.4) is 0 Å². The molecule has 0 radical (unpaired) electrons. The second-order valence-electron chi connectivity index (χ2n) is 2.65. The Balaban J connectivity index is 3.79. The van der Waals surface area contributed by atoms with Crippen LogP contribution in [0.2, 0.25) is 0 Å². The molecule has 76 valence electrons. The van der Waals surface area contributed by atoms with E-state index in [2.05, 4.69) is 9.68 Å². The lowest BCUT2D eigenvalue weighted by molar-refractivity contribution is -0.768. The van der Waals surface area contributed by atoms with Gasteiger partial charge in [0.2, 0.25) is 0 Å². The van der Waals surface area contributed by atoms with Crippen molar-refractivity contribution in [3.8, 4) is 0 Å². The van der Waals surface area contributed by atoms with Crippen LogP contribution in [0.1, 0.15) is 6.92 Å². The Morgan fingerprint density at radius 2 is 1.54 bits per heavy atom. The SMILES string of the molecule is CC(N)(CO[N+](=O)[O-])CO[N+](=O)[O-]. The minimum absolute atomic E-state index is 0.464. The Hall–Kier alpha value is -1.64. The smallest absolute Gasteiger partial charge is 0.294 e. The highest BCUT2D eigenvalue weighted by Crippen LogP contribution is 2.00. The number of hydrogen-bond acceptors (Lipinski definition) is 7. The van der Waals surface area contributed by atoms with Gasteiger partial charge in [0, 0.05) is 0 Å². The third kappa shape index (κ3) is 6.75. The van der Waals surface area contributed by atoms with Gasteiger partial charge in [0.15, 0.2) is 0 Å². The summed E-state index contributed by atoms with van der Waals surface area (Å²) in [6, 6.07) is 0. The molecule has 0 saturated heterocycles. The number of nitrogens with two attached hydrogens (primary N) is 1. The summed E-state index contributed by atoms with van der Waals surface area (Å²) in [4.78, 5) is 27.3. The van der Waals surface area contributed by atoms with Gasteiger partial charge in [-0.2, -0.15) is 0 Å². The van der Waals surface area contributed by atoms with Crippen LogP contribution < -0.4 is 5.73 Å². The highest BCUT2D eigenvalue weighted by molar-refractivity contribution is 4.75. The van der Waals surface area contributed by atoms with E-state index in [0.717, 1.165) is 0 Å². The normalized spacial score (nSPS) is 10.6. The molecular formula is C4H9N3O6. The van der Waals surface area contributed by atoms with Crippen molar-refractivity contribution in [2.45, 2.75) is 12.5 Å². The summed E-state index contributed by atoms with van der Waals surface area (Å²) in [5, 5.41) is 17.4. The predicted molar refractivity (Wildman–Crippen MR) is 38.5 cm³/mol. The summed E-state index contributed by atoms with van der Waals surface area (Å²) in [5.41, 5.74) is 4.09. The first kappa shape index (κ1) is 11.4. The molecule has 0 unspecified atom stereocenters. The lowest BCUT2D eigenvalue weighted by atomic mass is 10.1. The fraction of sp³-hybridized carbons (Fsp3) is 1.00. The molecule has 0 spiro atoms. The van der Waals surface area contributed by atoms with Crippen molar-refractivity contribution in [3.63, 3.8) is 0 Å². The van der Waals surface area contributed by atoms with Crippen LogP contribution >= 0.6 is 0 Å². The molecular weight excluding hydrogens is 186 g/mol. The van der Waals surface area contributed by atoms with E-state index in [-0.39, 0.29) is 0 Å². The summed E-state index contributed by atoms with van der Waals surface area (Å²) < 4.78 is 0. The molecule has 0 aromatic heterocycles. The molecule has 0 amide bonds. The van der Waals surface area contributed by atoms with Gasteiger partial charge in [0.1, 0.15) is 13.2 Å². The molecule has 2 N–H and O–H groups in total. The zero-order chi connectivity index (χ0) is 10.5. The molecule has 9 heteroatoms. The zero-order valence-electron chi connectivity index (χ0n) is 6.84. The van der Waals surface area contributed by atoms with Crippen molar-refractivity contribution in [2.24, 2.45) is 5.73 Å². The molecule has 0 aromatic rings. The van der Waals surface area contributed by atoms with Crippen LogP contribution in [0, 0.1) is 20.2 Å². The molecule has 0 fully saturated rings.